The van der Waals surface area contributed by atoms with Gasteiger partial charge in [0.15, 0.2) is 0 Å². The van der Waals surface area contributed by atoms with Crippen molar-refractivity contribution in [2.24, 2.45) is 0 Å². The lowest BCUT2D eigenvalue weighted by Crippen LogP contribution is -2.41. The van der Waals surface area contributed by atoms with Crippen LogP contribution in [0.4, 0.5) is 0 Å². The van der Waals surface area contributed by atoms with Crippen LogP contribution in [0.15, 0.2) is 94.0 Å². The topological polar surface area (TPSA) is 91.6 Å². The molecule has 0 aliphatic rings. The van der Waals surface area contributed by atoms with E-state index in [2.05, 4.69) is 26.8 Å². The number of amides is 2. The van der Waals surface area contributed by atoms with Gasteiger partial charge in [0.2, 0.25) is 5.76 Å². The number of hydrogen-bond acceptors (Lipinski definition) is 4. The summed E-state index contributed by atoms with van der Waals surface area (Å²) in [5.41, 5.74) is 8.15. The van der Waals surface area contributed by atoms with Gasteiger partial charge in [-0.15, -0.1) is 0 Å². The van der Waals surface area contributed by atoms with Crippen LogP contribution in [-0.4, -0.2) is 16.9 Å². The number of hydrazine groups is 1. The molecule has 6 nitrogen and oxygen atoms in total. The van der Waals surface area contributed by atoms with E-state index in [4.69, 9.17) is 4.42 Å². The number of benzene rings is 3. The minimum atomic E-state index is -0.591. The molecule has 1 aromatic heterocycles. The summed E-state index contributed by atoms with van der Waals surface area (Å²) in [4.78, 5) is 25.2. The van der Waals surface area contributed by atoms with E-state index < -0.39 is 11.8 Å². The third kappa shape index (κ3) is 4.36. The van der Waals surface area contributed by atoms with Crippen molar-refractivity contribution in [1.29, 1.82) is 0 Å². The van der Waals surface area contributed by atoms with E-state index in [0.29, 0.717) is 10.0 Å². The molecular formula is C24H17BrN2O4. The van der Waals surface area contributed by atoms with Gasteiger partial charge in [0.05, 0.1) is 10.7 Å². The molecule has 0 unspecified atom stereocenters. The van der Waals surface area contributed by atoms with Crippen molar-refractivity contribution >= 4 is 27.7 Å². The maximum Gasteiger partial charge on any atom is 0.306 e. The molecule has 3 N–H and O–H groups in total. The maximum absolute atomic E-state index is 12.9. The number of carbonyl (C=O) groups is 2. The first-order chi connectivity index (χ1) is 15.0. The fourth-order valence-electron chi connectivity index (χ4n) is 3.14. The van der Waals surface area contributed by atoms with Gasteiger partial charge in [-0.1, -0.05) is 60.7 Å². The van der Waals surface area contributed by atoms with Crippen LogP contribution in [0, 0.1) is 0 Å². The normalized spacial score (nSPS) is 10.5. The zero-order chi connectivity index (χ0) is 21.8. The number of carbonyl (C=O) groups excluding carboxylic acids is 2. The Morgan fingerprint density at radius 1 is 0.806 bits per heavy atom. The van der Waals surface area contributed by atoms with Gasteiger partial charge in [-0.25, -0.2) is 0 Å². The van der Waals surface area contributed by atoms with E-state index in [9.17, 15) is 14.7 Å². The first kappa shape index (κ1) is 20.4. The lowest BCUT2D eigenvalue weighted by Gasteiger charge is -2.09. The quantitative estimate of drug-likeness (QED) is 0.355. The van der Waals surface area contributed by atoms with Crippen molar-refractivity contribution < 1.29 is 19.1 Å². The first-order valence-electron chi connectivity index (χ1n) is 9.36. The van der Waals surface area contributed by atoms with Gasteiger partial charge in [-0.2, -0.15) is 0 Å². The van der Waals surface area contributed by atoms with Gasteiger partial charge < -0.3 is 9.52 Å². The highest BCUT2D eigenvalue weighted by Crippen LogP contribution is 2.36. The minimum Gasteiger partial charge on any atom is -0.507 e. The van der Waals surface area contributed by atoms with E-state index in [-0.39, 0.29) is 17.1 Å². The molecule has 0 atom stereocenters. The van der Waals surface area contributed by atoms with Crippen molar-refractivity contribution in [2.45, 2.75) is 0 Å². The Bertz CT molecular complexity index is 1240. The van der Waals surface area contributed by atoms with Crippen LogP contribution in [0.5, 0.6) is 5.75 Å². The van der Waals surface area contributed by atoms with Gasteiger partial charge in [-0.3, -0.25) is 20.4 Å². The van der Waals surface area contributed by atoms with Crippen molar-refractivity contribution in [3.63, 3.8) is 0 Å². The Morgan fingerprint density at radius 2 is 1.42 bits per heavy atom. The molecule has 154 valence electrons. The molecule has 7 heteroatoms. The predicted octanol–water partition coefficient (Wildman–Crippen LogP) is 5.16. The summed E-state index contributed by atoms with van der Waals surface area (Å²) in [5.74, 6) is -1.04. The summed E-state index contributed by atoms with van der Waals surface area (Å²) in [6, 6.07) is 23.3. The molecule has 0 fully saturated rings. The zero-order valence-corrected chi connectivity index (χ0v) is 17.7. The summed E-state index contributed by atoms with van der Waals surface area (Å²) in [6.07, 6.45) is 1.53. The average molecular weight is 477 g/mol. The molecule has 0 saturated carbocycles. The van der Waals surface area contributed by atoms with E-state index in [1.165, 1.54) is 24.5 Å². The molecule has 4 aromatic rings. The van der Waals surface area contributed by atoms with E-state index in [1.54, 1.807) is 0 Å². The number of nitrogens with one attached hydrogen (secondary N) is 2. The second-order valence-corrected chi connectivity index (χ2v) is 7.51. The van der Waals surface area contributed by atoms with Crippen molar-refractivity contribution in [2.75, 3.05) is 0 Å². The maximum atomic E-state index is 12.9. The van der Waals surface area contributed by atoms with Crippen molar-refractivity contribution in [3.05, 3.63) is 101 Å². The third-order valence-electron chi connectivity index (χ3n) is 4.64. The summed E-state index contributed by atoms with van der Waals surface area (Å²) in [5, 5.41) is 9.57. The van der Waals surface area contributed by atoms with Gasteiger partial charge in [0.1, 0.15) is 5.75 Å². The fourth-order valence-corrected chi connectivity index (χ4v) is 3.52. The smallest absolute Gasteiger partial charge is 0.306 e. The summed E-state index contributed by atoms with van der Waals surface area (Å²) in [6.45, 7) is 0. The summed E-state index contributed by atoms with van der Waals surface area (Å²) < 4.78 is 6.01. The lowest BCUT2D eigenvalue weighted by atomic mass is 9.96. The molecule has 31 heavy (non-hydrogen) atoms. The molecule has 4 rings (SSSR count). The number of halogens is 1. The van der Waals surface area contributed by atoms with Crippen LogP contribution < -0.4 is 10.9 Å². The molecular weight excluding hydrogens is 460 g/mol. The Morgan fingerprint density at radius 3 is 2.06 bits per heavy atom. The van der Waals surface area contributed by atoms with Gasteiger partial charge in [-0.05, 0) is 45.3 Å². The van der Waals surface area contributed by atoms with Gasteiger partial charge in [0, 0.05) is 16.7 Å². The number of hydrogen-bond donors (Lipinski definition) is 3. The van der Waals surface area contributed by atoms with Crippen LogP contribution >= 0.6 is 15.9 Å². The van der Waals surface area contributed by atoms with Crippen LogP contribution in [0.3, 0.4) is 0 Å². The molecule has 0 aliphatic heterocycles. The molecule has 0 saturated heterocycles. The second-order valence-electron chi connectivity index (χ2n) is 6.66. The predicted molar refractivity (Wildman–Crippen MR) is 120 cm³/mol. The number of furan rings is 1. The van der Waals surface area contributed by atoms with Gasteiger partial charge in [0.25, 0.3) is 5.91 Å². The van der Waals surface area contributed by atoms with E-state index >= 15 is 0 Å². The second kappa shape index (κ2) is 8.89. The van der Waals surface area contributed by atoms with Crippen LogP contribution in [-0.2, 0) is 0 Å². The SMILES string of the molecule is O=C(NNC(=O)c1occ(-c2ccccc2)c1-c1ccccc1)c1ccc(O)c(Br)c1. The monoisotopic (exact) mass is 476 g/mol. The summed E-state index contributed by atoms with van der Waals surface area (Å²) in [7, 11) is 0. The Labute approximate surface area is 186 Å². The number of aromatic hydroxyl groups is 1. The van der Waals surface area contributed by atoms with Crippen LogP contribution in [0.25, 0.3) is 22.3 Å². The largest absolute Gasteiger partial charge is 0.507 e. The number of rotatable bonds is 4. The Hall–Kier alpha value is -3.84. The standard InChI is InChI=1S/C24H17BrN2O4/c25-19-13-17(11-12-20(19)28)23(29)26-27-24(30)22-21(16-9-5-2-6-10-16)18(14-31-22)15-7-3-1-4-8-15/h1-14,28H,(H,26,29)(H,27,30). The minimum absolute atomic E-state index is 0.0112. The average Bonchev–Trinajstić information content (AvgIpc) is 3.25. The number of phenolic OH excluding ortho intramolecular Hbond substituents is 1. The Kier molecular flexibility index (Phi) is 5.86. The fraction of sp³-hybridized carbons (Fsp3) is 0. The molecule has 0 radical (unpaired) electrons. The van der Waals surface area contributed by atoms with Crippen LogP contribution in [0.1, 0.15) is 20.9 Å². The molecule has 0 spiro atoms. The molecule has 0 bridgehead atoms. The van der Waals surface area contributed by atoms with E-state index in [1.807, 2.05) is 60.7 Å². The third-order valence-corrected chi connectivity index (χ3v) is 5.28. The molecule has 3 aromatic carbocycles. The summed E-state index contributed by atoms with van der Waals surface area (Å²) >= 11 is 3.16. The number of phenols is 1. The van der Waals surface area contributed by atoms with Crippen LogP contribution in [0.2, 0.25) is 0 Å². The molecule has 1 heterocycles. The highest BCUT2D eigenvalue weighted by molar-refractivity contribution is 9.10. The van der Waals surface area contributed by atoms with Gasteiger partial charge >= 0.3 is 5.91 Å². The zero-order valence-electron chi connectivity index (χ0n) is 16.1. The lowest BCUT2D eigenvalue weighted by molar-refractivity contribution is 0.0831. The van der Waals surface area contributed by atoms with Crippen molar-refractivity contribution in [3.8, 4) is 28.0 Å². The van der Waals surface area contributed by atoms with Crippen molar-refractivity contribution in [1.82, 2.24) is 10.9 Å². The Balaban J connectivity index is 1.61. The van der Waals surface area contributed by atoms with E-state index in [0.717, 1.165) is 16.7 Å². The first-order valence-corrected chi connectivity index (χ1v) is 10.2. The molecule has 0 aliphatic carbocycles. The highest BCUT2D eigenvalue weighted by Gasteiger charge is 2.23. The molecule has 2 amide bonds. The highest BCUT2D eigenvalue weighted by atomic mass is 79.9.